The fourth-order valence-electron chi connectivity index (χ4n) is 9.36. The molecular formula is C50H34N2S. The van der Waals surface area contributed by atoms with Crippen LogP contribution in [0.3, 0.4) is 0 Å². The molecule has 3 heteroatoms. The Morgan fingerprint density at radius 3 is 1.96 bits per heavy atom. The van der Waals surface area contributed by atoms with Crippen molar-refractivity contribution in [3.05, 3.63) is 216 Å². The third kappa shape index (κ3) is 4.41. The summed E-state index contributed by atoms with van der Waals surface area (Å²) in [5.41, 5.74) is 16.3. The van der Waals surface area contributed by atoms with Gasteiger partial charge in [0.2, 0.25) is 0 Å². The van der Waals surface area contributed by atoms with Crippen molar-refractivity contribution in [3.8, 4) is 28.1 Å². The highest BCUT2D eigenvalue weighted by atomic mass is 32.1. The number of rotatable bonds is 5. The van der Waals surface area contributed by atoms with Crippen LogP contribution in [0, 0.1) is 0 Å². The molecule has 3 heterocycles. The van der Waals surface area contributed by atoms with Crippen LogP contribution in [0.2, 0.25) is 0 Å². The molecule has 0 spiro atoms. The lowest BCUT2D eigenvalue weighted by Crippen LogP contribution is -2.30. The summed E-state index contributed by atoms with van der Waals surface area (Å²) in [5, 5.41) is 2.66. The molecule has 3 aromatic heterocycles. The topological polar surface area (TPSA) is 17.8 Å². The first-order valence-corrected chi connectivity index (χ1v) is 19.2. The van der Waals surface area contributed by atoms with Crippen LogP contribution in [0.4, 0.5) is 0 Å². The SMILES string of the molecule is c1ccc(-n2c(-c3ccc(-c4cccc5c4sc4ccccc45)cc3)cc3c2CCC2=C3C(c3ccccc3)(c3ccccc3)c3ccncc32)cc1. The summed E-state index contributed by atoms with van der Waals surface area (Å²) in [7, 11) is 0. The average Bonchev–Trinajstić information content (AvgIpc) is 3.91. The molecule has 0 atom stereocenters. The normalized spacial score (nSPS) is 14.3. The lowest BCUT2D eigenvalue weighted by Gasteiger charge is -2.37. The van der Waals surface area contributed by atoms with Crippen molar-refractivity contribution in [2.75, 3.05) is 0 Å². The molecule has 0 saturated carbocycles. The van der Waals surface area contributed by atoms with Crippen LogP contribution >= 0.6 is 11.3 Å². The lowest BCUT2D eigenvalue weighted by molar-refractivity contribution is 0.801. The fourth-order valence-corrected chi connectivity index (χ4v) is 10.6. The Labute approximate surface area is 313 Å². The van der Waals surface area contributed by atoms with Crippen LogP contribution in [-0.4, -0.2) is 9.55 Å². The van der Waals surface area contributed by atoms with E-state index in [1.807, 2.05) is 17.5 Å². The van der Waals surface area contributed by atoms with Gasteiger partial charge in [-0.1, -0.05) is 140 Å². The van der Waals surface area contributed by atoms with E-state index in [1.54, 1.807) is 0 Å². The summed E-state index contributed by atoms with van der Waals surface area (Å²) < 4.78 is 5.21. The molecule has 250 valence electrons. The van der Waals surface area contributed by atoms with Gasteiger partial charge < -0.3 is 4.57 Å². The summed E-state index contributed by atoms with van der Waals surface area (Å²) in [6.07, 6.45) is 5.98. The van der Waals surface area contributed by atoms with E-state index < -0.39 is 5.41 Å². The number of hydrogen-bond acceptors (Lipinski definition) is 2. The number of fused-ring (bicyclic) bond motifs is 7. The predicted molar refractivity (Wildman–Crippen MR) is 222 cm³/mol. The second-order valence-corrected chi connectivity index (χ2v) is 15.2. The molecule has 0 fully saturated rings. The van der Waals surface area contributed by atoms with E-state index in [0.717, 1.165) is 12.8 Å². The van der Waals surface area contributed by atoms with Gasteiger partial charge in [-0.25, -0.2) is 0 Å². The molecule has 2 aliphatic carbocycles. The summed E-state index contributed by atoms with van der Waals surface area (Å²) in [4.78, 5) is 4.70. The fraction of sp³-hybridized carbons (Fsp3) is 0.0600. The quantitative estimate of drug-likeness (QED) is 0.175. The van der Waals surface area contributed by atoms with Crippen molar-refractivity contribution in [1.82, 2.24) is 9.55 Å². The molecule has 0 amide bonds. The smallest absolute Gasteiger partial charge is 0.0717 e. The molecule has 6 aromatic carbocycles. The van der Waals surface area contributed by atoms with Crippen LogP contribution in [0.5, 0.6) is 0 Å². The van der Waals surface area contributed by atoms with E-state index in [-0.39, 0.29) is 0 Å². The summed E-state index contributed by atoms with van der Waals surface area (Å²) in [5.74, 6) is 0. The van der Waals surface area contributed by atoms with E-state index in [0.29, 0.717) is 0 Å². The molecule has 0 bridgehead atoms. The molecule has 2 aliphatic rings. The lowest BCUT2D eigenvalue weighted by atomic mass is 9.64. The predicted octanol–water partition coefficient (Wildman–Crippen LogP) is 12.8. The van der Waals surface area contributed by atoms with Crippen molar-refractivity contribution >= 4 is 42.7 Å². The van der Waals surface area contributed by atoms with Crippen LogP contribution in [-0.2, 0) is 11.8 Å². The number of thiophene rings is 1. The Balaban J connectivity index is 1.14. The zero-order valence-corrected chi connectivity index (χ0v) is 29.9. The highest BCUT2D eigenvalue weighted by Gasteiger charge is 2.50. The molecule has 9 aromatic rings. The number of pyridine rings is 1. The van der Waals surface area contributed by atoms with Gasteiger partial charge in [-0.15, -0.1) is 11.3 Å². The van der Waals surface area contributed by atoms with Crippen molar-refractivity contribution < 1.29 is 0 Å². The van der Waals surface area contributed by atoms with Gasteiger partial charge in [-0.3, -0.25) is 4.98 Å². The highest BCUT2D eigenvalue weighted by Crippen LogP contribution is 2.61. The van der Waals surface area contributed by atoms with Gasteiger partial charge in [0.15, 0.2) is 0 Å². The molecule has 0 saturated heterocycles. The van der Waals surface area contributed by atoms with Crippen molar-refractivity contribution in [2.24, 2.45) is 0 Å². The Bertz CT molecular complexity index is 2820. The minimum Gasteiger partial charge on any atom is -0.313 e. The molecule has 2 nitrogen and oxygen atoms in total. The number of allylic oxidation sites excluding steroid dienone is 2. The van der Waals surface area contributed by atoms with Gasteiger partial charge >= 0.3 is 0 Å². The number of benzene rings is 6. The Kier molecular flexibility index (Phi) is 6.80. The van der Waals surface area contributed by atoms with Crippen LogP contribution in [0.25, 0.3) is 59.4 Å². The van der Waals surface area contributed by atoms with Crippen molar-refractivity contribution in [1.29, 1.82) is 0 Å². The Hall–Kier alpha value is -6.29. The maximum absolute atomic E-state index is 4.70. The second kappa shape index (κ2) is 11.9. The monoisotopic (exact) mass is 694 g/mol. The van der Waals surface area contributed by atoms with E-state index in [2.05, 4.69) is 181 Å². The summed E-state index contributed by atoms with van der Waals surface area (Å²) >= 11 is 1.89. The molecular weight excluding hydrogens is 661 g/mol. The molecule has 0 N–H and O–H groups in total. The van der Waals surface area contributed by atoms with Crippen LogP contribution in [0.1, 0.15) is 39.9 Å². The highest BCUT2D eigenvalue weighted by molar-refractivity contribution is 7.26. The average molecular weight is 695 g/mol. The van der Waals surface area contributed by atoms with Gasteiger partial charge in [0.1, 0.15) is 0 Å². The van der Waals surface area contributed by atoms with E-state index in [9.17, 15) is 0 Å². The number of nitrogens with zero attached hydrogens (tertiary/aromatic N) is 2. The molecule has 0 unspecified atom stereocenters. The van der Waals surface area contributed by atoms with Crippen LogP contribution in [0.15, 0.2) is 182 Å². The third-order valence-corrected chi connectivity index (χ3v) is 12.8. The standard InChI is InChI=1S/C50H34N2S/c1-4-13-35(14-5-1)50(36-15-6-2-7-16-36)44-29-30-51-32-43(44)40-27-28-45-42(48(40)50)31-46(52(45)37-17-8-3-9-18-37)34-25-23-33(24-26-34)38-20-12-21-41-39-19-10-11-22-47(39)53-49(38)41/h1-26,29-32H,27-28H2. The molecule has 53 heavy (non-hydrogen) atoms. The molecule has 0 radical (unpaired) electrons. The summed E-state index contributed by atoms with van der Waals surface area (Å²) in [6.45, 7) is 0. The van der Waals surface area contributed by atoms with E-state index >= 15 is 0 Å². The minimum absolute atomic E-state index is 0.474. The third-order valence-electron chi connectivity index (χ3n) is 11.5. The first-order valence-electron chi connectivity index (χ1n) is 18.4. The number of aromatic nitrogens is 2. The zero-order chi connectivity index (χ0) is 34.9. The Morgan fingerprint density at radius 2 is 1.21 bits per heavy atom. The van der Waals surface area contributed by atoms with Crippen molar-refractivity contribution in [2.45, 2.75) is 18.3 Å². The van der Waals surface area contributed by atoms with E-state index in [1.165, 1.54) is 92.9 Å². The zero-order valence-electron chi connectivity index (χ0n) is 29.0. The maximum atomic E-state index is 4.70. The number of para-hydroxylation sites is 1. The molecule has 0 aliphatic heterocycles. The minimum atomic E-state index is -0.474. The first kappa shape index (κ1) is 30.3. The van der Waals surface area contributed by atoms with Gasteiger partial charge in [-0.05, 0) is 87.7 Å². The van der Waals surface area contributed by atoms with Crippen LogP contribution < -0.4 is 0 Å². The van der Waals surface area contributed by atoms with Gasteiger partial charge in [0.05, 0.1) is 11.1 Å². The van der Waals surface area contributed by atoms with Gasteiger partial charge in [-0.2, -0.15) is 0 Å². The maximum Gasteiger partial charge on any atom is 0.0717 e. The molecule has 11 rings (SSSR count). The Morgan fingerprint density at radius 1 is 0.547 bits per heavy atom. The van der Waals surface area contributed by atoms with Gasteiger partial charge in [0.25, 0.3) is 0 Å². The first-order chi connectivity index (χ1) is 26.3. The van der Waals surface area contributed by atoms with Gasteiger partial charge in [0, 0.05) is 55.1 Å². The summed E-state index contributed by atoms with van der Waals surface area (Å²) in [6, 6.07) is 62.7. The van der Waals surface area contributed by atoms with Crippen molar-refractivity contribution in [3.63, 3.8) is 0 Å². The van der Waals surface area contributed by atoms with E-state index in [4.69, 9.17) is 4.98 Å². The second-order valence-electron chi connectivity index (χ2n) is 14.2. The number of hydrogen-bond donors (Lipinski definition) is 0. The largest absolute Gasteiger partial charge is 0.313 e.